The van der Waals surface area contributed by atoms with Gasteiger partial charge < -0.3 is 15.1 Å². The van der Waals surface area contributed by atoms with Crippen molar-refractivity contribution in [2.24, 2.45) is 0 Å². The number of nitrogens with zero attached hydrogens (tertiary/aromatic N) is 2. The molecule has 0 aromatic heterocycles. The zero-order chi connectivity index (χ0) is 10.7. The van der Waals surface area contributed by atoms with Crippen LogP contribution in [-0.2, 0) is 9.59 Å². The van der Waals surface area contributed by atoms with Crippen molar-refractivity contribution in [3.63, 3.8) is 0 Å². The third-order valence-corrected chi connectivity index (χ3v) is 3.13. The molecule has 1 atom stereocenters. The fourth-order valence-corrected chi connectivity index (χ4v) is 2.16. The molecule has 2 rings (SSSR count). The first-order valence-electron chi connectivity index (χ1n) is 5.53. The second-order valence-corrected chi connectivity index (χ2v) is 4.12. The maximum atomic E-state index is 12.0. The molecule has 0 radical (unpaired) electrons. The minimum Gasteiger partial charge on any atom is -0.342 e. The zero-order valence-corrected chi connectivity index (χ0v) is 8.82. The summed E-state index contributed by atoms with van der Waals surface area (Å²) in [6, 6.07) is 0.0211. The number of nitrogens with one attached hydrogen (secondary N) is 1. The highest BCUT2D eigenvalue weighted by Crippen LogP contribution is 2.10. The van der Waals surface area contributed by atoms with Gasteiger partial charge in [-0.15, -0.1) is 0 Å². The van der Waals surface area contributed by atoms with Crippen molar-refractivity contribution in [2.45, 2.75) is 18.9 Å². The van der Waals surface area contributed by atoms with E-state index in [2.05, 4.69) is 5.32 Å². The van der Waals surface area contributed by atoms with Crippen LogP contribution in [0, 0.1) is 0 Å². The molecule has 2 fully saturated rings. The van der Waals surface area contributed by atoms with Crippen LogP contribution in [0.4, 0.5) is 0 Å². The quantitative estimate of drug-likeness (QED) is 0.598. The van der Waals surface area contributed by atoms with Crippen LogP contribution >= 0.6 is 0 Å². The van der Waals surface area contributed by atoms with E-state index in [0.717, 1.165) is 25.8 Å². The minimum absolute atomic E-state index is 0.0211. The highest BCUT2D eigenvalue weighted by atomic mass is 16.2. The highest BCUT2D eigenvalue weighted by molar-refractivity contribution is 5.82. The van der Waals surface area contributed by atoms with Crippen LogP contribution in [0.2, 0.25) is 0 Å². The van der Waals surface area contributed by atoms with Crippen LogP contribution < -0.4 is 5.32 Å². The van der Waals surface area contributed by atoms with Gasteiger partial charge in [-0.2, -0.15) is 0 Å². The van der Waals surface area contributed by atoms with Gasteiger partial charge in [0.15, 0.2) is 0 Å². The van der Waals surface area contributed by atoms with Crippen molar-refractivity contribution in [1.82, 2.24) is 15.1 Å². The van der Waals surface area contributed by atoms with Gasteiger partial charge in [0.2, 0.25) is 12.3 Å². The molecule has 15 heavy (non-hydrogen) atoms. The summed E-state index contributed by atoms with van der Waals surface area (Å²) >= 11 is 0. The molecular weight excluding hydrogens is 194 g/mol. The number of amides is 2. The average molecular weight is 211 g/mol. The average Bonchev–Trinajstić information content (AvgIpc) is 2.82. The third kappa shape index (κ3) is 2.28. The topological polar surface area (TPSA) is 52.7 Å². The summed E-state index contributed by atoms with van der Waals surface area (Å²) in [6.07, 6.45) is 2.90. The Hall–Kier alpha value is -1.10. The fourth-order valence-electron chi connectivity index (χ4n) is 2.16. The SMILES string of the molecule is O=CN1CCN(C(=O)[C@H]2CCCN2)CC1. The third-order valence-electron chi connectivity index (χ3n) is 3.13. The standard InChI is InChI=1S/C10H17N3O2/c14-8-12-4-6-13(7-5-12)10(15)9-2-1-3-11-9/h8-9,11H,1-7H2/t9-/m1/s1. The van der Waals surface area contributed by atoms with Crippen LogP contribution in [0.5, 0.6) is 0 Å². The molecule has 0 unspecified atom stereocenters. The molecule has 0 saturated carbocycles. The molecular formula is C10H17N3O2. The molecule has 2 saturated heterocycles. The maximum absolute atomic E-state index is 12.0. The molecule has 5 nitrogen and oxygen atoms in total. The first kappa shape index (κ1) is 10.4. The van der Waals surface area contributed by atoms with Gasteiger partial charge in [0.25, 0.3) is 0 Å². The molecule has 5 heteroatoms. The van der Waals surface area contributed by atoms with Crippen LogP contribution in [0.3, 0.4) is 0 Å². The van der Waals surface area contributed by atoms with Crippen LogP contribution in [0.25, 0.3) is 0 Å². The number of carbonyl (C=O) groups excluding carboxylic acids is 2. The Kier molecular flexibility index (Phi) is 3.20. The summed E-state index contributed by atoms with van der Waals surface area (Å²) in [7, 11) is 0. The summed E-state index contributed by atoms with van der Waals surface area (Å²) in [5, 5.41) is 3.20. The molecule has 2 aliphatic rings. The second-order valence-electron chi connectivity index (χ2n) is 4.12. The minimum atomic E-state index is 0.0211. The summed E-state index contributed by atoms with van der Waals surface area (Å²) in [4.78, 5) is 26.0. The molecule has 1 N–H and O–H groups in total. The molecule has 0 aromatic carbocycles. The summed E-state index contributed by atoms with van der Waals surface area (Å²) < 4.78 is 0. The Labute approximate surface area is 89.4 Å². The zero-order valence-electron chi connectivity index (χ0n) is 8.82. The second kappa shape index (κ2) is 4.61. The van der Waals surface area contributed by atoms with Gasteiger partial charge in [-0.05, 0) is 19.4 Å². The van der Waals surface area contributed by atoms with E-state index in [1.165, 1.54) is 0 Å². The number of hydrogen-bond donors (Lipinski definition) is 1. The summed E-state index contributed by atoms with van der Waals surface area (Å²) in [5.74, 6) is 0.207. The van der Waals surface area contributed by atoms with Crippen molar-refractivity contribution in [3.05, 3.63) is 0 Å². The first-order chi connectivity index (χ1) is 7.31. The molecule has 0 aliphatic carbocycles. The van der Waals surface area contributed by atoms with Crippen LogP contribution in [0.15, 0.2) is 0 Å². The predicted octanol–water partition coefficient (Wildman–Crippen LogP) is -0.961. The van der Waals surface area contributed by atoms with Crippen LogP contribution in [-0.4, -0.2) is 60.9 Å². The largest absolute Gasteiger partial charge is 0.342 e. The van der Waals surface area contributed by atoms with Crippen molar-refractivity contribution >= 4 is 12.3 Å². The smallest absolute Gasteiger partial charge is 0.239 e. The molecule has 2 heterocycles. The highest BCUT2D eigenvalue weighted by Gasteiger charge is 2.28. The van der Waals surface area contributed by atoms with Crippen molar-refractivity contribution < 1.29 is 9.59 Å². The van der Waals surface area contributed by atoms with Crippen molar-refractivity contribution in [2.75, 3.05) is 32.7 Å². The molecule has 2 amide bonds. The van der Waals surface area contributed by atoms with Crippen molar-refractivity contribution in [1.29, 1.82) is 0 Å². The van der Waals surface area contributed by atoms with E-state index in [1.54, 1.807) is 4.90 Å². The maximum Gasteiger partial charge on any atom is 0.239 e. The molecule has 0 aromatic rings. The van der Waals surface area contributed by atoms with Crippen LogP contribution in [0.1, 0.15) is 12.8 Å². The Morgan fingerprint density at radius 3 is 2.53 bits per heavy atom. The Morgan fingerprint density at radius 1 is 1.27 bits per heavy atom. The van der Waals surface area contributed by atoms with E-state index in [1.807, 2.05) is 4.90 Å². The molecule has 2 aliphatic heterocycles. The van der Waals surface area contributed by atoms with Gasteiger partial charge in [-0.3, -0.25) is 9.59 Å². The van der Waals surface area contributed by atoms with Gasteiger partial charge in [-0.1, -0.05) is 0 Å². The number of hydrogen-bond acceptors (Lipinski definition) is 3. The Bertz CT molecular complexity index is 243. The van der Waals surface area contributed by atoms with Gasteiger partial charge in [0.1, 0.15) is 0 Å². The fraction of sp³-hybridized carbons (Fsp3) is 0.800. The Morgan fingerprint density at radius 2 is 2.00 bits per heavy atom. The van der Waals surface area contributed by atoms with E-state index < -0.39 is 0 Å². The van der Waals surface area contributed by atoms with E-state index in [0.29, 0.717) is 26.2 Å². The number of carbonyl (C=O) groups is 2. The monoisotopic (exact) mass is 211 g/mol. The van der Waals surface area contributed by atoms with Gasteiger partial charge >= 0.3 is 0 Å². The van der Waals surface area contributed by atoms with E-state index in [9.17, 15) is 9.59 Å². The van der Waals surface area contributed by atoms with Gasteiger partial charge in [-0.25, -0.2) is 0 Å². The molecule has 0 bridgehead atoms. The summed E-state index contributed by atoms with van der Waals surface area (Å²) in [6.45, 7) is 3.64. The Balaban J connectivity index is 1.84. The normalized spacial score (nSPS) is 26.8. The lowest BCUT2D eigenvalue weighted by Gasteiger charge is -2.34. The molecule has 84 valence electrons. The van der Waals surface area contributed by atoms with Gasteiger partial charge in [0.05, 0.1) is 6.04 Å². The number of rotatable bonds is 2. The van der Waals surface area contributed by atoms with Crippen molar-refractivity contribution in [3.8, 4) is 0 Å². The number of piperazine rings is 1. The summed E-state index contributed by atoms with van der Waals surface area (Å²) in [5.41, 5.74) is 0. The first-order valence-corrected chi connectivity index (χ1v) is 5.53. The van der Waals surface area contributed by atoms with E-state index in [-0.39, 0.29) is 11.9 Å². The predicted molar refractivity (Wildman–Crippen MR) is 55.2 cm³/mol. The van der Waals surface area contributed by atoms with E-state index in [4.69, 9.17) is 0 Å². The lowest BCUT2D eigenvalue weighted by Crippen LogP contribution is -2.52. The lowest BCUT2D eigenvalue weighted by molar-refractivity contribution is -0.136. The lowest BCUT2D eigenvalue weighted by atomic mass is 10.2. The molecule has 0 spiro atoms. The van der Waals surface area contributed by atoms with Gasteiger partial charge in [0, 0.05) is 26.2 Å². The van der Waals surface area contributed by atoms with E-state index >= 15 is 0 Å².